The van der Waals surface area contributed by atoms with Crippen molar-refractivity contribution in [3.8, 4) is 11.3 Å². The number of piperidine rings is 1. The highest BCUT2D eigenvalue weighted by atomic mass is 16.5. The zero-order chi connectivity index (χ0) is 22.5. The third kappa shape index (κ3) is 4.61. The summed E-state index contributed by atoms with van der Waals surface area (Å²) in [5.74, 6) is -1.28. The van der Waals surface area contributed by atoms with Crippen LogP contribution >= 0.6 is 0 Å². The Morgan fingerprint density at radius 2 is 1.69 bits per heavy atom. The van der Waals surface area contributed by atoms with Crippen LogP contribution in [0.2, 0.25) is 0 Å². The number of carbonyl (C=O) groups is 3. The second-order valence-electron chi connectivity index (χ2n) is 7.69. The quantitative estimate of drug-likeness (QED) is 0.574. The number of amides is 1. The summed E-state index contributed by atoms with van der Waals surface area (Å²) in [5, 5.41) is 0.670. The van der Waals surface area contributed by atoms with Gasteiger partial charge in [-0.15, -0.1) is 0 Å². The van der Waals surface area contributed by atoms with Gasteiger partial charge in [-0.2, -0.15) is 0 Å². The third-order valence-corrected chi connectivity index (χ3v) is 5.71. The van der Waals surface area contributed by atoms with Crippen molar-refractivity contribution in [3.63, 3.8) is 0 Å². The molecule has 0 unspecified atom stereocenters. The molecule has 0 N–H and O–H groups in total. The Kier molecular flexibility index (Phi) is 6.44. The summed E-state index contributed by atoms with van der Waals surface area (Å²) in [6, 6.07) is 18.6. The van der Waals surface area contributed by atoms with Crippen LogP contribution in [0.25, 0.3) is 22.2 Å². The molecule has 2 aromatic carbocycles. The number of carbonyl (C=O) groups excluding carboxylic acids is 3. The number of pyridine rings is 1. The van der Waals surface area contributed by atoms with E-state index in [-0.39, 0.29) is 24.4 Å². The van der Waals surface area contributed by atoms with E-state index in [2.05, 4.69) is 4.98 Å². The van der Waals surface area contributed by atoms with E-state index in [0.29, 0.717) is 48.1 Å². The summed E-state index contributed by atoms with van der Waals surface area (Å²) >= 11 is 0. The van der Waals surface area contributed by atoms with E-state index in [1.807, 2.05) is 54.6 Å². The van der Waals surface area contributed by atoms with Crippen molar-refractivity contribution in [2.24, 2.45) is 5.92 Å². The Hall–Kier alpha value is -3.74. The molecule has 0 aliphatic carbocycles. The highest BCUT2D eigenvalue weighted by Crippen LogP contribution is 2.25. The molecule has 0 bridgehead atoms. The van der Waals surface area contributed by atoms with Crippen molar-refractivity contribution in [1.82, 2.24) is 9.88 Å². The first-order valence-electron chi connectivity index (χ1n) is 10.5. The van der Waals surface area contributed by atoms with E-state index >= 15 is 0 Å². The SMILES string of the molecule is COC(=O)C1CCN(C(=O)COC(=O)c2cc(-c3ccccc3)nc3ccccc23)CC1. The lowest BCUT2D eigenvalue weighted by Gasteiger charge is -2.30. The number of esters is 2. The van der Waals surface area contributed by atoms with Crippen molar-refractivity contribution in [2.75, 3.05) is 26.8 Å². The van der Waals surface area contributed by atoms with Gasteiger partial charge in [0.05, 0.1) is 29.8 Å². The molecule has 1 aliphatic rings. The maximum Gasteiger partial charge on any atom is 0.339 e. The van der Waals surface area contributed by atoms with E-state index in [0.717, 1.165) is 5.56 Å². The number of hydrogen-bond donors (Lipinski definition) is 0. The lowest BCUT2D eigenvalue weighted by molar-refractivity contribution is -0.149. The number of aromatic nitrogens is 1. The number of hydrogen-bond acceptors (Lipinski definition) is 6. The molecule has 0 spiro atoms. The molecule has 1 aliphatic heterocycles. The Morgan fingerprint density at radius 3 is 2.41 bits per heavy atom. The van der Waals surface area contributed by atoms with Crippen LogP contribution in [0.5, 0.6) is 0 Å². The molecule has 0 atom stereocenters. The fourth-order valence-corrected chi connectivity index (χ4v) is 3.93. The number of nitrogens with zero attached hydrogens (tertiary/aromatic N) is 2. The number of ether oxygens (including phenoxy) is 2. The van der Waals surface area contributed by atoms with Gasteiger partial charge in [-0.25, -0.2) is 9.78 Å². The molecule has 32 heavy (non-hydrogen) atoms. The average Bonchev–Trinajstić information content (AvgIpc) is 2.86. The molecule has 4 rings (SSSR count). The van der Waals surface area contributed by atoms with E-state index < -0.39 is 5.97 Å². The van der Waals surface area contributed by atoms with Gasteiger partial charge in [0, 0.05) is 24.0 Å². The van der Waals surface area contributed by atoms with E-state index in [1.54, 1.807) is 11.0 Å². The summed E-state index contributed by atoms with van der Waals surface area (Å²) in [4.78, 5) is 43.4. The van der Waals surface area contributed by atoms with Gasteiger partial charge in [0.2, 0.25) is 0 Å². The van der Waals surface area contributed by atoms with Gasteiger partial charge in [0.15, 0.2) is 6.61 Å². The van der Waals surface area contributed by atoms with Crippen LogP contribution in [0, 0.1) is 5.92 Å². The van der Waals surface area contributed by atoms with E-state index in [1.165, 1.54) is 7.11 Å². The molecule has 1 aromatic heterocycles. The zero-order valence-electron chi connectivity index (χ0n) is 17.8. The molecule has 1 saturated heterocycles. The molecule has 0 radical (unpaired) electrons. The van der Waals surface area contributed by atoms with Crippen LogP contribution in [-0.2, 0) is 19.1 Å². The van der Waals surface area contributed by atoms with Crippen molar-refractivity contribution in [1.29, 1.82) is 0 Å². The summed E-state index contributed by atoms with van der Waals surface area (Å²) in [5.41, 5.74) is 2.59. The average molecular weight is 432 g/mol. The van der Waals surface area contributed by atoms with Gasteiger partial charge in [-0.05, 0) is 25.0 Å². The molecular formula is C25H24N2O5. The monoisotopic (exact) mass is 432 g/mol. The standard InChI is InChI=1S/C25H24N2O5/c1-31-24(29)18-11-13-27(14-12-18)23(28)16-32-25(30)20-15-22(17-7-3-2-4-8-17)26-21-10-6-5-9-19(20)21/h2-10,15,18H,11-14,16H2,1H3. The number of para-hydroxylation sites is 1. The predicted molar refractivity (Wildman–Crippen MR) is 119 cm³/mol. The van der Waals surface area contributed by atoms with Crippen molar-refractivity contribution in [2.45, 2.75) is 12.8 Å². The lowest BCUT2D eigenvalue weighted by atomic mass is 9.97. The minimum absolute atomic E-state index is 0.189. The Morgan fingerprint density at radius 1 is 1.00 bits per heavy atom. The molecular weight excluding hydrogens is 408 g/mol. The van der Waals surface area contributed by atoms with Gasteiger partial charge < -0.3 is 14.4 Å². The lowest BCUT2D eigenvalue weighted by Crippen LogP contribution is -2.42. The summed E-state index contributed by atoms with van der Waals surface area (Å²) < 4.78 is 10.2. The third-order valence-electron chi connectivity index (χ3n) is 5.71. The van der Waals surface area contributed by atoms with Crippen molar-refractivity contribution < 1.29 is 23.9 Å². The summed E-state index contributed by atoms with van der Waals surface area (Å²) in [6.45, 7) is 0.526. The highest BCUT2D eigenvalue weighted by Gasteiger charge is 2.28. The van der Waals surface area contributed by atoms with Gasteiger partial charge in [-0.1, -0.05) is 48.5 Å². The zero-order valence-corrected chi connectivity index (χ0v) is 17.8. The van der Waals surface area contributed by atoms with Crippen LogP contribution in [-0.4, -0.2) is 54.5 Å². The molecule has 1 amide bonds. The van der Waals surface area contributed by atoms with Gasteiger partial charge >= 0.3 is 11.9 Å². The Bertz CT molecular complexity index is 1140. The summed E-state index contributed by atoms with van der Waals surface area (Å²) in [7, 11) is 1.37. The van der Waals surface area contributed by atoms with Crippen LogP contribution in [0.15, 0.2) is 60.7 Å². The minimum atomic E-state index is -0.571. The Labute approximate surface area is 186 Å². The number of methoxy groups -OCH3 is 1. The largest absolute Gasteiger partial charge is 0.469 e. The Balaban J connectivity index is 1.47. The van der Waals surface area contributed by atoms with Gasteiger partial charge in [0.25, 0.3) is 5.91 Å². The normalized spacial score (nSPS) is 14.2. The smallest absolute Gasteiger partial charge is 0.339 e. The molecule has 7 heteroatoms. The summed E-state index contributed by atoms with van der Waals surface area (Å²) in [6.07, 6.45) is 1.09. The number of fused-ring (bicyclic) bond motifs is 1. The first-order chi connectivity index (χ1) is 15.6. The van der Waals surface area contributed by atoms with E-state index in [4.69, 9.17) is 9.47 Å². The molecule has 1 fully saturated rings. The number of likely N-dealkylation sites (tertiary alicyclic amines) is 1. The number of rotatable bonds is 5. The molecule has 0 saturated carbocycles. The minimum Gasteiger partial charge on any atom is -0.469 e. The molecule has 7 nitrogen and oxygen atoms in total. The fraction of sp³-hybridized carbons (Fsp3) is 0.280. The second kappa shape index (κ2) is 9.60. The topological polar surface area (TPSA) is 85.8 Å². The van der Waals surface area contributed by atoms with Crippen molar-refractivity contribution >= 4 is 28.7 Å². The maximum absolute atomic E-state index is 12.9. The molecule has 3 aromatic rings. The molecule has 2 heterocycles. The van der Waals surface area contributed by atoms with E-state index in [9.17, 15) is 14.4 Å². The van der Waals surface area contributed by atoms with Crippen LogP contribution in [0.3, 0.4) is 0 Å². The first-order valence-corrected chi connectivity index (χ1v) is 10.5. The highest BCUT2D eigenvalue weighted by molar-refractivity contribution is 6.05. The maximum atomic E-state index is 12.9. The fourth-order valence-electron chi connectivity index (χ4n) is 3.93. The van der Waals surface area contributed by atoms with Crippen LogP contribution < -0.4 is 0 Å². The van der Waals surface area contributed by atoms with Gasteiger partial charge in [0.1, 0.15) is 0 Å². The number of benzene rings is 2. The van der Waals surface area contributed by atoms with Crippen LogP contribution in [0.1, 0.15) is 23.2 Å². The first kappa shape index (κ1) is 21.5. The predicted octanol–water partition coefficient (Wildman–Crippen LogP) is 3.47. The van der Waals surface area contributed by atoms with Crippen molar-refractivity contribution in [3.05, 3.63) is 66.2 Å². The molecule has 164 valence electrons. The van der Waals surface area contributed by atoms with Crippen LogP contribution in [0.4, 0.5) is 0 Å². The second-order valence-corrected chi connectivity index (χ2v) is 7.69. The van der Waals surface area contributed by atoms with Gasteiger partial charge in [-0.3, -0.25) is 9.59 Å².